The van der Waals surface area contributed by atoms with Gasteiger partial charge in [-0.2, -0.15) is 5.10 Å². The molecule has 1 N–H and O–H groups in total. The lowest BCUT2D eigenvalue weighted by Crippen LogP contribution is -2.14. The number of aromatic nitrogens is 2. The standard InChI is InChI=1S/C20H20N4O3/c1-13-10-14(2)23(22-13)12-16-6-4-7-17(11-16)20(25)21-18-8-5-9-19(15(18)3)24(26)27/h4-11H,12H2,1-3H3,(H,21,25). The van der Waals surface area contributed by atoms with Crippen molar-refractivity contribution in [3.63, 3.8) is 0 Å². The maximum absolute atomic E-state index is 12.6. The van der Waals surface area contributed by atoms with Gasteiger partial charge in [0.1, 0.15) is 0 Å². The summed E-state index contributed by atoms with van der Waals surface area (Å²) in [5.74, 6) is -0.311. The minimum Gasteiger partial charge on any atom is -0.321 e. The Hall–Kier alpha value is -3.48. The Morgan fingerprint density at radius 1 is 1.15 bits per heavy atom. The lowest BCUT2D eigenvalue weighted by Gasteiger charge is -2.10. The number of carbonyl (C=O) groups excluding carboxylic acids is 1. The van der Waals surface area contributed by atoms with E-state index in [0.29, 0.717) is 23.4 Å². The summed E-state index contributed by atoms with van der Waals surface area (Å²) in [7, 11) is 0. The summed E-state index contributed by atoms with van der Waals surface area (Å²) in [5, 5.41) is 18.3. The van der Waals surface area contributed by atoms with E-state index in [9.17, 15) is 14.9 Å². The van der Waals surface area contributed by atoms with Crippen molar-refractivity contribution in [3.05, 3.63) is 86.7 Å². The van der Waals surface area contributed by atoms with Crippen molar-refractivity contribution in [1.29, 1.82) is 0 Å². The van der Waals surface area contributed by atoms with Crippen molar-refractivity contribution in [2.75, 3.05) is 5.32 Å². The monoisotopic (exact) mass is 364 g/mol. The van der Waals surface area contributed by atoms with Crippen LogP contribution in [0.1, 0.15) is 32.9 Å². The molecule has 27 heavy (non-hydrogen) atoms. The first-order valence-corrected chi connectivity index (χ1v) is 8.50. The third-order valence-electron chi connectivity index (χ3n) is 4.37. The quantitative estimate of drug-likeness (QED) is 0.547. The van der Waals surface area contributed by atoms with Crippen molar-refractivity contribution < 1.29 is 9.72 Å². The van der Waals surface area contributed by atoms with Crippen molar-refractivity contribution in [2.45, 2.75) is 27.3 Å². The highest BCUT2D eigenvalue weighted by atomic mass is 16.6. The average molecular weight is 364 g/mol. The normalized spacial score (nSPS) is 10.6. The molecule has 0 spiro atoms. The number of nitrogens with zero attached hydrogens (tertiary/aromatic N) is 3. The number of amides is 1. The number of nitrogens with one attached hydrogen (secondary N) is 1. The number of benzene rings is 2. The van der Waals surface area contributed by atoms with Crippen LogP contribution in [0.25, 0.3) is 0 Å². The largest absolute Gasteiger partial charge is 0.321 e. The van der Waals surface area contributed by atoms with Crippen LogP contribution in [0.5, 0.6) is 0 Å². The van der Waals surface area contributed by atoms with Gasteiger partial charge in [-0.25, -0.2) is 0 Å². The molecule has 3 rings (SSSR count). The first-order chi connectivity index (χ1) is 12.8. The summed E-state index contributed by atoms with van der Waals surface area (Å²) in [6, 6.07) is 13.9. The lowest BCUT2D eigenvalue weighted by atomic mass is 10.1. The van der Waals surface area contributed by atoms with Crippen LogP contribution in [-0.2, 0) is 6.54 Å². The van der Waals surface area contributed by atoms with E-state index in [1.807, 2.05) is 36.7 Å². The molecule has 0 bridgehead atoms. The summed E-state index contributed by atoms with van der Waals surface area (Å²) in [5.41, 5.74) is 4.26. The molecule has 0 aliphatic rings. The fourth-order valence-electron chi connectivity index (χ4n) is 2.97. The molecule has 0 saturated heterocycles. The molecule has 1 heterocycles. The van der Waals surface area contributed by atoms with Gasteiger partial charge in [0.05, 0.1) is 28.4 Å². The predicted octanol–water partition coefficient (Wildman–Crippen LogP) is 4.02. The second-order valence-electron chi connectivity index (χ2n) is 6.45. The number of nitro benzene ring substituents is 1. The highest BCUT2D eigenvalue weighted by Crippen LogP contribution is 2.25. The van der Waals surface area contributed by atoms with E-state index in [1.54, 1.807) is 31.2 Å². The lowest BCUT2D eigenvalue weighted by molar-refractivity contribution is -0.385. The zero-order valence-corrected chi connectivity index (χ0v) is 15.4. The van der Waals surface area contributed by atoms with Crippen LogP contribution in [0.3, 0.4) is 0 Å². The first kappa shape index (κ1) is 18.3. The predicted molar refractivity (Wildman–Crippen MR) is 103 cm³/mol. The second kappa shape index (κ2) is 7.41. The van der Waals surface area contributed by atoms with E-state index in [1.165, 1.54) is 6.07 Å². The summed E-state index contributed by atoms with van der Waals surface area (Å²) in [6.45, 7) is 6.11. The van der Waals surface area contributed by atoms with Gasteiger partial charge in [-0.3, -0.25) is 19.6 Å². The van der Waals surface area contributed by atoms with Crippen LogP contribution in [0.2, 0.25) is 0 Å². The number of hydrogen-bond donors (Lipinski definition) is 1. The summed E-state index contributed by atoms with van der Waals surface area (Å²) in [6.07, 6.45) is 0. The summed E-state index contributed by atoms with van der Waals surface area (Å²) in [4.78, 5) is 23.2. The Kier molecular flexibility index (Phi) is 5.03. The minimum absolute atomic E-state index is 0.0222. The smallest absolute Gasteiger partial charge is 0.274 e. The molecule has 0 unspecified atom stereocenters. The number of nitro groups is 1. The van der Waals surface area contributed by atoms with Crippen LogP contribution in [-0.4, -0.2) is 20.6 Å². The fraction of sp³-hybridized carbons (Fsp3) is 0.200. The summed E-state index contributed by atoms with van der Waals surface area (Å²) < 4.78 is 1.89. The van der Waals surface area contributed by atoms with Gasteiger partial charge in [0.15, 0.2) is 0 Å². The maximum atomic E-state index is 12.6. The Morgan fingerprint density at radius 3 is 2.56 bits per heavy atom. The maximum Gasteiger partial charge on any atom is 0.274 e. The summed E-state index contributed by atoms with van der Waals surface area (Å²) >= 11 is 0. The molecule has 0 atom stereocenters. The van der Waals surface area contributed by atoms with E-state index in [0.717, 1.165) is 17.0 Å². The van der Waals surface area contributed by atoms with Gasteiger partial charge >= 0.3 is 0 Å². The Labute approximate surface area is 156 Å². The van der Waals surface area contributed by atoms with E-state index < -0.39 is 4.92 Å². The molecule has 0 fully saturated rings. The molecule has 0 radical (unpaired) electrons. The van der Waals surface area contributed by atoms with Crippen LogP contribution >= 0.6 is 0 Å². The van der Waals surface area contributed by atoms with Crippen molar-refractivity contribution >= 4 is 17.3 Å². The van der Waals surface area contributed by atoms with Crippen LogP contribution in [0, 0.1) is 30.9 Å². The van der Waals surface area contributed by atoms with Crippen LogP contribution in [0.15, 0.2) is 48.5 Å². The van der Waals surface area contributed by atoms with Gasteiger partial charge in [-0.15, -0.1) is 0 Å². The number of hydrogen-bond acceptors (Lipinski definition) is 4. The van der Waals surface area contributed by atoms with Crippen molar-refractivity contribution in [1.82, 2.24) is 9.78 Å². The Balaban J connectivity index is 1.81. The second-order valence-corrected chi connectivity index (χ2v) is 6.45. The zero-order valence-electron chi connectivity index (χ0n) is 15.4. The van der Waals surface area contributed by atoms with Gasteiger partial charge in [0, 0.05) is 17.3 Å². The molecule has 3 aromatic rings. The Bertz CT molecular complexity index is 1020. The van der Waals surface area contributed by atoms with Gasteiger partial charge in [-0.1, -0.05) is 18.2 Å². The highest BCUT2D eigenvalue weighted by Gasteiger charge is 2.15. The average Bonchev–Trinajstić information content (AvgIpc) is 2.93. The fourth-order valence-corrected chi connectivity index (χ4v) is 2.97. The molecule has 7 heteroatoms. The molecule has 0 aliphatic heterocycles. The molecule has 0 saturated carbocycles. The molecule has 7 nitrogen and oxygen atoms in total. The molecule has 1 aromatic heterocycles. The SMILES string of the molecule is Cc1cc(C)n(Cc2cccc(C(=O)Nc3cccc([N+](=O)[O-])c3C)c2)n1. The highest BCUT2D eigenvalue weighted by molar-refractivity contribution is 6.05. The molecular formula is C20H20N4O3. The topological polar surface area (TPSA) is 90.1 Å². The van der Waals surface area contributed by atoms with E-state index >= 15 is 0 Å². The number of aryl methyl sites for hydroxylation is 2. The van der Waals surface area contributed by atoms with Crippen molar-refractivity contribution in [2.24, 2.45) is 0 Å². The number of anilines is 1. The number of carbonyl (C=O) groups is 1. The number of rotatable bonds is 5. The van der Waals surface area contributed by atoms with Gasteiger partial charge < -0.3 is 5.32 Å². The minimum atomic E-state index is -0.458. The van der Waals surface area contributed by atoms with Gasteiger partial charge in [0.2, 0.25) is 0 Å². The van der Waals surface area contributed by atoms with Crippen LogP contribution < -0.4 is 5.32 Å². The van der Waals surface area contributed by atoms with Gasteiger partial charge in [0.25, 0.3) is 11.6 Å². The Morgan fingerprint density at radius 2 is 1.89 bits per heavy atom. The third-order valence-corrected chi connectivity index (χ3v) is 4.37. The molecule has 2 aromatic carbocycles. The van der Waals surface area contributed by atoms with E-state index in [2.05, 4.69) is 10.4 Å². The molecule has 0 aliphatic carbocycles. The zero-order chi connectivity index (χ0) is 19.6. The van der Waals surface area contributed by atoms with Gasteiger partial charge in [-0.05, 0) is 50.6 Å². The molecule has 1 amide bonds. The van der Waals surface area contributed by atoms with Crippen molar-refractivity contribution in [3.8, 4) is 0 Å². The van der Waals surface area contributed by atoms with E-state index in [-0.39, 0.29) is 11.6 Å². The van der Waals surface area contributed by atoms with E-state index in [4.69, 9.17) is 0 Å². The molecular weight excluding hydrogens is 344 g/mol. The first-order valence-electron chi connectivity index (χ1n) is 8.50. The third kappa shape index (κ3) is 4.03. The molecule has 138 valence electrons. The van der Waals surface area contributed by atoms with Crippen LogP contribution in [0.4, 0.5) is 11.4 Å².